The fourth-order valence-electron chi connectivity index (χ4n) is 5.85. The van der Waals surface area contributed by atoms with Crippen molar-refractivity contribution in [2.45, 2.75) is 50.9 Å². The van der Waals surface area contributed by atoms with Gasteiger partial charge in [-0.05, 0) is 73.7 Å². The summed E-state index contributed by atoms with van der Waals surface area (Å²) in [5.74, 6) is 2.00. The number of rotatable bonds is 2. The van der Waals surface area contributed by atoms with Crippen LogP contribution in [0, 0.1) is 24.2 Å². The first-order valence-corrected chi connectivity index (χ1v) is 8.88. The second kappa shape index (κ2) is 4.10. The van der Waals surface area contributed by atoms with E-state index in [4.69, 9.17) is 0 Å². The molecule has 2 unspecified atom stereocenters. The zero-order chi connectivity index (χ0) is 13.1. The van der Waals surface area contributed by atoms with Crippen LogP contribution in [-0.2, 0) is 5.41 Å². The first-order valence-electron chi connectivity index (χ1n) is 7.76. The van der Waals surface area contributed by atoms with Crippen LogP contribution in [0.3, 0.4) is 0 Å². The van der Waals surface area contributed by atoms with Gasteiger partial charge in [-0.25, -0.2) is 0 Å². The van der Waals surface area contributed by atoms with Gasteiger partial charge in [0.15, 0.2) is 0 Å². The third kappa shape index (κ3) is 1.84. The van der Waals surface area contributed by atoms with Crippen molar-refractivity contribution in [2.24, 2.45) is 17.3 Å². The minimum Gasteiger partial charge on any atom is -0.0922 e. The molecule has 1 aromatic rings. The fourth-order valence-corrected chi connectivity index (χ4v) is 6.51. The molecule has 4 bridgehead atoms. The zero-order valence-electron chi connectivity index (χ0n) is 11.8. The SMILES string of the molecule is Cc1ccc(C23CC4CC(CC(CBr)(C4)C2)C3)cc1. The topological polar surface area (TPSA) is 0 Å². The average Bonchev–Trinajstić information content (AvgIpc) is 2.38. The van der Waals surface area contributed by atoms with E-state index in [0.717, 1.165) is 11.8 Å². The third-order valence-corrected chi connectivity index (χ3v) is 7.32. The summed E-state index contributed by atoms with van der Waals surface area (Å²) >= 11 is 3.85. The van der Waals surface area contributed by atoms with Gasteiger partial charge in [-0.1, -0.05) is 45.8 Å². The van der Waals surface area contributed by atoms with Crippen molar-refractivity contribution < 1.29 is 0 Å². The lowest BCUT2D eigenvalue weighted by Gasteiger charge is -2.62. The molecule has 0 N–H and O–H groups in total. The maximum absolute atomic E-state index is 3.85. The van der Waals surface area contributed by atoms with Gasteiger partial charge in [0, 0.05) is 5.33 Å². The lowest BCUT2D eigenvalue weighted by molar-refractivity contribution is -0.0581. The number of aryl methyl sites for hydroxylation is 1. The fraction of sp³-hybridized carbons (Fsp3) is 0.667. The van der Waals surface area contributed by atoms with Crippen LogP contribution in [-0.4, -0.2) is 5.33 Å². The zero-order valence-corrected chi connectivity index (χ0v) is 13.4. The maximum Gasteiger partial charge on any atom is 0.00884 e. The highest BCUT2D eigenvalue weighted by Crippen LogP contribution is 2.66. The van der Waals surface area contributed by atoms with E-state index in [1.807, 2.05) is 0 Å². The largest absolute Gasteiger partial charge is 0.0922 e. The molecule has 0 heterocycles. The van der Waals surface area contributed by atoms with Gasteiger partial charge in [0.25, 0.3) is 0 Å². The van der Waals surface area contributed by atoms with Crippen LogP contribution in [0.4, 0.5) is 0 Å². The molecule has 0 aromatic heterocycles. The van der Waals surface area contributed by atoms with Crippen LogP contribution in [0.25, 0.3) is 0 Å². The van der Waals surface area contributed by atoms with E-state index in [9.17, 15) is 0 Å². The lowest BCUT2D eigenvalue weighted by Crippen LogP contribution is -2.54. The molecule has 4 saturated carbocycles. The van der Waals surface area contributed by atoms with E-state index in [0.29, 0.717) is 10.8 Å². The summed E-state index contributed by atoms with van der Waals surface area (Å²) in [6, 6.07) is 9.47. The predicted molar refractivity (Wildman–Crippen MR) is 83.8 cm³/mol. The first kappa shape index (κ1) is 12.4. The van der Waals surface area contributed by atoms with Crippen LogP contribution >= 0.6 is 15.9 Å². The molecule has 1 aromatic carbocycles. The monoisotopic (exact) mass is 318 g/mol. The quantitative estimate of drug-likeness (QED) is 0.655. The van der Waals surface area contributed by atoms with Crippen LogP contribution < -0.4 is 0 Å². The Kier molecular flexibility index (Phi) is 2.68. The van der Waals surface area contributed by atoms with E-state index in [2.05, 4.69) is 47.1 Å². The van der Waals surface area contributed by atoms with Crippen LogP contribution in [0.1, 0.15) is 49.7 Å². The molecule has 0 amide bonds. The molecule has 19 heavy (non-hydrogen) atoms. The molecule has 0 saturated heterocycles. The van der Waals surface area contributed by atoms with Gasteiger partial charge in [-0.2, -0.15) is 0 Å². The third-order valence-electron chi connectivity index (χ3n) is 6.13. The van der Waals surface area contributed by atoms with Crippen molar-refractivity contribution in [1.29, 1.82) is 0 Å². The first-order chi connectivity index (χ1) is 9.13. The van der Waals surface area contributed by atoms with E-state index < -0.39 is 0 Å². The molecule has 0 spiro atoms. The van der Waals surface area contributed by atoms with E-state index in [-0.39, 0.29) is 0 Å². The molecular formula is C18H23Br. The molecule has 1 heteroatoms. The lowest BCUT2D eigenvalue weighted by atomic mass is 9.43. The van der Waals surface area contributed by atoms with Gasteiger partial charge in [-0.3, -0.25) is 0 Å². The van der Waals surface area contributed by atoms with Crippen LogP contribution in [0.2, 0.25) is 0 Å². The van der Waals surface area contributed by atoms with E-state index in [1.165, 1.54) is 49.4 Å². The second-order valence-electron chi connectivity index (χ2n) is 7.74. The van der Waals surface area contributed by atoms with Crippen LogP contribution in [0.5, 0.6) is 0 Å². The number of alkyl halides is 1. The minimum atomic E-state index is 0.519. The number of hydrogen-bond acceptors (Lipinski definition) is 0. The van der Waals surface area contributed by atoms with Crippen molar-refractivity contribution >= 4 is 15.9 Å². The highest BCUT2D eigenvalue weighted by molar-refractivity contribution is 9.09. The Morgan fingerprint density at radius 2 is 1.68 bits per heavy atom. The Bertz CT molecular complexity index is 473. The molecular weight excluding hydrogens is 296 g/mol. The highest BCUT2D eigenvalue weighted by atomic mass is 79.9. The number of hydrogen-bond donors (Lipinski definition) is 0. The van der Waals surface area contributed by atoms with Gasteiger partial charge >= 0.3 is 0 Å². The van der Waals surface area contributed by atoms with Crippen molar-refractivity contribution in [2.75, 3.05) is 5.33 Å². The Hall–Kier alpha value is -0.300. The summed E-state index contributed by atoms with van der Waals surface area (Å²) in [6.07, 6.45) is 8.84. The smallest absolute Gasteiger partial charge is 0.00884 e. The van der Waals surface area contributed by atoms with Crippen molar-refractivity contribution in [3.05, 3.63) is 35.4 Å². The number of halogens is 1. The molecule has 2 atom stereocenters. The van der Waals surface area contributed by atoms with Crippen molar-refractivity contribution in [3.63, 3.8) is 0 Å². The summed E-state index contributed by atoms with van der Waals surface area (Å²) in [7, 11) is 0. The van der Waals surface area contributed by atoms with Crippen molar-refractivity contribution in [3.8, 4) is 0 Å². The van der Waals surface area contributed by atoms with Gasteiger partial charge < -0.3 is 0 Å². The standard InChI is InChI=1S/C18H23Br/c1-13-2-4-16(5-3-13)18-9-14-6-15(10-18)8-17(7-14,11-18)12-19/h2-5,14-15H,6-12H2,1H3. The molecule has 0 radical (unpaired) electrons. The highest BCUT2D eigenvalue weighted by Gasteiger charge is 2.57. The normalized spacial score (nSPS) is 43.7. The minimum absolute atomic E-state index is 0.519. The van der Waals surface area contributed by atoms with Crippen molar-refractivity contribution in [1.82, 2.24) is 0 Å². The molecule has 102 valence electrons. The maximum atomic E-state index is 3.85. The molecule has 4 aliphatic carbocycles. The van der Waals surface area contributed by atoms with Gasteiger partial charge in [0.2, 0.25) is 0 Å². The van der Waals surface area contributed by atoms with Gasteiger partial charge in [0.1, 0.15) is 0 Å². The van der Waals surface area contributed by atoms with Gasteiger partial charge in [-0.15, -0.1) is 0 Å². The Labute approximate surface area is 125 Å². The van der Waals surface area contributed by atoms with Gasteiger partial charge in [0.05, 0.1) is 0 Å². The molecule has 4 fully saturated rings. The summed E-state index contributed by atoms with van der Waals surface area (Å²) in [5, 5.41) is 1.22. The summed E-state index contributed by atoms with van der Waals surface area (Å²) < 4.78 is 0. The summed E-state index contributed by atoms with van der Waals surface area (Å²) in [4.78, 5) is 0. The van der Waals surface area contributed by atoms with E-state index >= 15 is 0 Å². The van der Waals surface area contributed by atoms with E-state index in [1.54, 1.807) is 5.56 Å². The Balaban J connectivity index is 1.76. The Morgan fingerprint density at radius 3 is 2.26 bits per heavy atom. The molecule has 0 nitrogen and oxygen atoms in total. The Morgan fingerprint density at radius 1 is 1.05 bits per heavy atom. The molecule has 4 aliphatic rings. The molecule has 0 aliphatic heterocycles. The number of benzene rings is 1. The molecule has 5 rings (SSSR count). The van der Waals surface area contributed by atoms with Crippen LogP contribution in [0.15, 0.2) is 24.3 Å². The summed E-state index contributed by atoms with van der Waals surface area (Å²) in [5.41, 5.74) is 4.17. The second-order valence-corrected chi connectivity index (χ2v) is 8.30. The predicted octanol–water partition coefficient (Wildman–Crippen LogP) is 5.23. The average molecular weight is 319 g/mol. The summed E-state index contributed by atoms with van der Waals surface area (Å²) in [6.45, 7) is 2.20.